The lowest BCUT2D eigenvalue weighted by atomic mass is 9.77. The minimum absolute atomic E-state index is 0.0760. The van der Waals surface area contributed by atoms with Crippen LogP contribution in [-0.4, -0.2) is 0 Å². The largest absolute Gasteiger partial charge is 0.206 e. The Morgan fingerprint density at radius 3 is 2.38 bits per heavy atom. The summed E-state index contributed by atoms with van der Waals surface area (Å²) in [6.45, 7) is 4.24. The van der Waals surface area contributed by atoms with E-state index in [0.717, 1.165) is 47.3 Å². The molecule has 0 saturated heterocycles. The monoisotopic (exact) mass is 452 g/mol. The summed E-state index contributed by atoms with van der Waals surface area (Å²) in [6.07, 6.45) is 15.2. The zero-order valence-corrected chi connectivity index (χ0v) is 20.7. The number of hydrogen-bond acceptors (Lipinski definition) is 0. The molecule has 0 amide bonds. The third-order valence-corrected chi connectivity index (χ3v) is 7.39. The number of aryl methyl sites for hydroxylation is 1. The summed E-state index contributed by atoms with van der Waals surface area (Å²) in [5, 5.41) is 1.61. The van der Waals surface area contributed by atoms with Gasteiger partial charge in [0.1, 0.15) is 5.82 Å². The molecule has 0 heterocycles. The first-order chi connectivity index (χ1) is 16.7. The maximum absolute atomic E-state index is 14.8. The van der Waals surface area contributed by atoms with E-state index in [4.69, 9.17) is 0 Å². The Morgan fingerprint density at radius 2 is 1.65 bits per heavy atom. The highest BCUT2D eigenvalue weighted by molar-refractivity contribution is 5.85. The zero-order chi connectivity index (χ0) is 23.8. The van der Waals surface area contributed by atoms with Gasteiger partial charge in [0.25, 0.3) is 0 Å². The molecule has 34 heavy (non-hydrogen) atoms. The van der Waals surface area contributed by atoms with Gasteiger partial charge in [-0.3, -0.25) is 0 Å². The molecular formula is C33H37F. The van der Waals surface area contributed by atoms with Crippen LogP contribution in [0.2, 0.25) is 0 Å². The van der Waals surface area contributed by atoms with Gasteiger partial charge in [-0.05, 0) is 111 Å². The summed E-state index contributed by atoms with van der Waals surface area (Å²) in [6, 6.07) is 18.6. The molecule has 0 nitrogen and oxygen atoms in total. The molecule has 0 atom stereocenters. The lowest BCUT2D eigenvalue weighted by Crippen LogP contribution is -2.13. The second kappa shape index (κ2) is 12.0. The van der Waals surface area contributed by atoms with E-state index in [9.17, 15) is 4.39 Å². The topological polar surface area (TPSA) is 0 Å². The summed E-state index contributed by atoms with van der Waals surface area (Å²) < 4.78 is 14.8. The quantitative estimate of drug-likeness (QED) is 0.247. The summed E-state index contributed by atoms with van der Waals surface area (Å²) >= 11 is 0. The number of fused-ring (bicyclic) bond motifs is 1. The van der Waals surface area contributed by atoms with Crippen LogP contribution in [0.4, 0.5) is 4.39 Å². The summed E-state index contributed by atoms with van der Waals surface area (Å²) in [5.74, 6) is 8.08. The van der Waals surface area contributed by atoms with Crippen LogP contribution in [0.15, 0.2) is 66.7 Å². The van der Waals surface area contributed by atoms with Gasteiger partial charge in [0.15, 0.2) is 0 Å². The molecule has 1 fully saturated rings. The fourth-order valence-electron chi connectivity index (χ4n) is 5.24. The van der Waals surface area contributed by atoms with Crippen molar-refractivity contribution in [2.24, 2.45) is 5.92 Å². The van der Waals surface area contributed by atoms with Gasteiger partial charge in [-0.25, -0.2) is 4.39 Å². The van der Waals surface area contributed by atoms with Crippen molar-refractivity contribution in [2.75, 3.05) is 0 Å². The van der Waals surface area contributed by atoms with Crippen molar-refractivity contribution in [2.45, 2.75) is 77.6 Å². The van der Waals surface area contributed by atoms with Gasteiger partial charge in [-0.15, -0.1) is 0 Å². The SMILES string of the molecule is C/C=C/CCC1CCC(c2ccc(C#Cc3ccc4c(F)c(CCCC)ccc4c3)cc2)CC1. The zero-order valence-electron chi connectivity index (χ0n) is 20.7. The predicted molar refractivity (Wildman–Crippen MR) is 144 cm³/mol. The first kappa shape index (κ1) is 24.3. The van der Waals surface area contributed by atoms with Gasteiger partial charge in [0, 0.05) is 16.5 Å². The van der Waals surface area contributed by atoms with Crippen LogP contribution in [0, 0.1) is 23.6 Å². The molecule has 1 heteroatoms. The Kier molecular flexibility index (Phi) is 8.59. The Balaban J connectivity index is 1.39. The molecule has 0 unspecified atom stereocenters. The Bertz CT molecular complexity index is 1160. The van der Waals surface area contributed by atoms with Crippen LogP contribution in [-0.2, 0) is 6.42 Å². The molecule has 1 aliphatic carbocycles. The van der Waals surface area contributed by atoms with E-state index < -0.39 is 0 Å². The fraction of sp³-hybridized carbons (Fsp3) is 0.394. The van der Waals surface area contributed by atoms with Gasteiger partial charge in [-0.1, -0.05) is 67.7 Å². The maximum atomic E-state index is 14.8. The number of halogens is 1. The van der Waals surface area contributed by atoms with Crippen LogP contribution < -0.4 is 0 Å². The van der Waals surface area contributed by atoms with Crippen molar-refractivity contribution in [3.8, 4) is 11.8 Å². The first-order valence-electron chi connectivity index (χ1n) is 13.1. The first-order valence-corrected chi connectivity index (χ1v) is 13.1. The minimum atomic E-state index is -0.0760. The number of allylic oxidation sites excluding steroid dienone is 2. The average Bonchev–Trinajstić information content (AvgIpc) is 2.88. The third kappa shape index (κ3) is 6.18. The van der Waals surface area contributed by atoms with Gasteiger partial charge in [-0.2, -0.15) is 0 Å². The fourth-order valence-corrected chi connectivity index (χ4v) is 5.24. The van der Waals surface area contributed by atoms with Crippen molar-refractivity contribution in [3.05, 3.63) is 94.8 Å². The Hall–Kier alpha value is -2.85. The van der Waals surface area contributed by atoms with Crippen LogP contribution in [0.3, 0.4) is 0 Å². The van der Waals surface area contributed by atoms with E-state index in [1.165, 1.54) is 44.1 Å². The summed E-state index contributed by atoms with van der Waals surface area (Å²) in [7, 11) is 0. The van der Waals surface area contributed by atoms with Crippen LogP contribution in [0.25, 0.3) is 10.8 Å². The van der Waals surface area contributed by atoms with E-state index >= 15 is 0 Å². The molecule has 1 aliphatic rings. The molecule has 1 saturated carbocycles. The summed E-state index contributed by atoms with van der Waals surface area (Å²) in [5.41, 5.74) is 4.23. The van der Waals surface area contributed by atoms with Crippen molar-refractivity contribution in [1.29, 1.82) is 0 Å². The number of benzene rings is 3. The Morgan fingerprint density at radius 1 is 0.912 bits per heavy atom. The van der Waals surface area contributed by atoms with Crippen molar-refractivity contribution >= 4 is 10.8 Å². The standard InChI is InChI=1S/C33H37F/c1-3-5-7-8-25-12-17-28(18-13-25)29-19-14-26(15-20-29)10-11-27-16-23-32-31(24-27)22-21-30(33(32)34)9-6-4-2/h3,5,14-16,19-25,28H,4,6-9,12-13,17-18H2,1-2H3/b5-3+. The predicted octanol–water partition coefficient (Wildman–Crippen LogP) is 9.35. The van der Waals surface area contributed by atoms with Crippen LogP contribution in [0.1, 0.15) is 93.4 Å². The van der Waals surface area contributed by atoms with Crippen LogP contribution in [0.5, 0.6) is 0 Å². The molecule has 3 aromatic rings. The molecule has 0 bridgehead atoms. The molecule has 0 spiro atoms. The second-order valence-electron chi connectivity index (χ2n) is 9.81. The third-order valence-electron chi connectivity index (χ3n) is 7.39. The van der Waals surface area contributed by atoms with Gasteiger partial charge in [0.05, 0.1) is 0 Å². The lowest BCUT2D eigenvalue weighted by molar-refractivity contribution is 0.312. The van der Waals surface area contributed by atoms with E-state index in [0.29, 0.717) is 11.3 Å². The average molecular weight is 453 g/mol. The highest BCUT2D eigenvalue weighted by atomic mass is 19.1. The van der Waals surface area contributed by atoms with Gasteiger partial charge >= 0.3 is 0 Å². The van der Waals surface area contributed by atoms with Gasteiger partial charge < -0.3 is 0 Å². The number of hydrogen-bond donors (Lipinski definition) is 0. The normalized spacial score (nSPS) is 18.2. The van der Waals surface area contributed by atoms with Crippen molar-refractivity contribution in [1.82, 2.24) is 0 Å². The van der Waals surface area contributed by atoms with E-state index in [1.54, 1.807) is 0 Å². The van der Waals surface area contributed by atoms with E-state index in [2.05, 4.69) is 62.1 Å². The molecule has 0 aliphatic heterocycles. The maximum Gasteiger partial charge on any atom is 0.134 e. The molecule has 4 rings (SSSR count). The van der Waals surface area contributed by atoms with Crippen LogP contribution >= 0.6 is 0 Å². The molecule has 176 valence electrons. The van der Waals surface area contributed by atoms with E-state index in [-0.39, 0.29) is 5.82 Å². The van der Waals surface area contributed by atoms with E-state index in [1.807, 2.05) is 30.3 Å². The molecule has 0 N–H and O–H groups in total. The van der Waals surface area contributed by atoms with Crippen molar-refractivity contribution in [3.63, 3.8) is 0 Å². The Labute approximate surface area is 205 Å². The summed E-state index contributed by atoms with van der Waals surface area (Å²) in [4.78, 5) is 0. The van der Waals surface area contributed by atoms with Crippen molar-refractivity contribution < 1.29 is 4.39 Å². The molecule has 0 aromatic heterocycles. The van der Waals surface area contributed by atoms with Gasteiger partial charge in [0.2, 0.25) is 0 Å². The molecular weight excluding hydrogens is 415 g/mol. The molecule has 3 aromatic carbocycles. The highest BCUT2D eigenvalue weighted by Crippen LogP contribution is 2.37. The number of rotatable bonds is 7. The smallest absolute Gasteiger partial charge is 0.134 e. The minimum Gasteiger partial charge on any atom is -0.206 e. The number of unbranched alkanes of at least 4 members (excludes halogenated alkanes) is 1. The highest BCUT2D eigenvalue weighted by Gasteiger charge is 2.21. The lowest BCUT2D eigenvalue weighted by Gasteiger charge is -2.28. The molecule has 0 radical (unpaired) electrons. The second-order valence-corrected chi connectivity index (χ2v) is 9.81.